The smallest absolute Gasteiger partial charge is 0.261 e. The van der Waals surface area contributed by atoms with Gasteiger partial charge in [0, 0.05) is 16.0 Å². The number of carbonyl (C=O) groups is 1. The van der Waals surface area contributed by atoms with Gasteiger partial charge in [0.1, 0.15) is 0 Å². The van der Waals surface area contributed by atoms with Crippen molar-refractivity contribution in [1.82, 2.24) is 4.90 Å². The lowest BCUT2D eigenvalue weighted by Gasteiger charge is -2.53. The molecule has 2 fully saturated rings. The van der Waals surface area contributed by atoms with Crippen LogP contribution in [0.2, 0.25) is 15.1 Å². The van der Waals surface area contributed by atoms with Gasteiger partial charge in [-0.15, -0.1) is 6.58 Å². The highest BCUT2D eigenvalue weighted by Crippen LogP contribution is 2.54. The van der Waals surface area contributed by atoms with Gasteiger partial charge in [0.25, 0.3) is 8.32 Å². The molecule has 0 N–H and O–H groups in total. The van der Waals surface area contributed by atoms with Crippen molar-refractivity contribution in [2.24, 2.45) is 11.3 Å². The third kappa shape index (κ3) is 6.70. The zero-order chi connectivity index (χ0) is 34.1. The summed E-state index contributed by atoms with van der Waals surface area (Å²) >= 11 is 13.1. The molecule has 0 spiro atoms. The fraction of sp³-hybridized carbons (Fsp3) is 0.357. The molecule has 4 aromatic carbocycles. The van der Waals surface area contributed by atoms with Gasteiger partial charge in [0.15, 0.2) is 0 Å². The molecule has 0 radical (unpaired) electrons. The predicted molar refractivity (Wildman–Crippen MR) is 203 cm³/mol. The highest BCUT2D eigenvalue weighted by atomic mass is 35.5. The minimum Gasteiger partial charge on any atom is -0.405 e. The summed E-state index contributed by atoms with van der Waals surface area (Å²) < 4.78 is 7.61. The van der Waals surface area contributed by atoms with Crippen LogP contribution in [0.3, 0.4) is 0 Å². The Bertz CT molecular complexity index is 1680. The van der Waals surface area contributed by atoms with Gasteiger partial charge in [0.05, 0.1) is 24.1 Å². The number of piperidine rings is 1. The van der Waals surface area contributed by atoms with Crippen molar-refractivity contribution >= 4 is 47.8 Å². The van der Waals surface area contributed by atoms with Gasteiger partial charge >= 0.3 is 0 Å². The van der Waals surface area contributed by atoms with E-state index in [1.54, 1.807) is 0 Å². The Hall–Kier alpha value is -3.15. The van der Waals surface area contributed by atoms with Gasteiger partial charge in [-0.2, -0.15) is 0 Å². The van der Waals surface area contributed by atoms with Crippen LogP contribution in [-0.4, -0.2) is 31.8 Å². The molecule has 1 aliphatic heterocycles. The molecule has 1 amide bonds. The molecule has 1 aliphatic carbocycles. The number of carbonyl (C=O) groups excluding carboxylic acids is 1. The van der Waals surface area contributed by atoms with Crippen LogP contribution in [0.1, 0.15) is 76.5 Å². The second-order valence-electron chi connectivity index (χ2n) is 15.0. The number of rotatable bonds is 11. The second kappa shape index (κ2) is 14.0. The molecule has 48 heavy (non-hydrogen) atoms. The molecule has 1 saturated carbocycles. The summed E-state index contributed by atoms with van der Waals surface area (Å²) in [5.41, 5.74) is 1.59. The first-order valence-corrected chi connectivity index (χ1v) is 19.8. The maximum atomic E-state index is 15.1. The summed E-state index contributed by atoms with van der Waals surface area (Å²) in [6.07, 6.45) is 5.34. The highest BCUT2D eigenvalue weighted by Gasteiger charge is 2.55. The molecule has 3 nitrogen and oxygen atoms in total. The van der Waals surface area contributed by atoms with E-state index >= 15 is 4.79 Å². The van der Waals surface area contributed by atoms with Crippen LogP contribution >= 0.6 is 23.2 Å². The number of halogens is 2. The summed E-state index contributed by atoms with van der Waals surface area (Å²) in [4.78, 5) is 17.4. The van der Waals surface area contributed by atoms with E-state index in [0.29, 0.717) is 35.4 Å². The van der Waals surface area contributed by atoms with E-state index in [0.717, 1.165) is 24.0 Å². The van der Waals surface area contributed by atoms with E-state index in [2.05, 4.69) is 124 Å². The third-order valence-electron chi connectivity index (χ3n) is 10.6. The Morgan fingerprint density at radius 1 is 0.875 bits per heavy atom. The molecule has 0 bridgehead atoms. The van der Waals surface area contributed by atoms with E-state index in [-0.39, 0.29) is 28.9 Å². The summed E-state index contributed by atoms with van der Waals surface area (Å²) in [7, 11) is -2.85. The van der Waals surface area contributed by atoms with E-state index in [1.165, 1.54) is 10.4 Å². The second-order valence-corrected chi connectivity index (χ2v) is 20.2. The minimum atomic E-state index is -2.85. The lowest BCUT2D eigenvalue weighted by molar-refractivity contribution is -0.156. The predicted octanol–water partition coefficient (Wildman–Crippen LogP) is 9.99. The Kier molecular flexibility index (Phi) is 10.1. The van der Waals surface area contributed by atoms with Gasteiger partial charge in [-0.05, 0) is 82.4 Å². The molecule has 4 unspecified atom stereocenters. The van der Waals surface area contributed by atoms with E-state index in [9.17, 15) is 0 Å². The average molecular weight is 697 g/mol. The largest absolute Gasteiger partial charge is 0.405 e. The summed E-state index contributed by atoms with van der Waals surface area (Å²) in [6.45, 7) is 13.6. The van der Waals surface area contributed by atoms with E-state index in [4.69, 9.17) is 27.6 Å². The van der Waals surface area contributed by atoms with Crippen LogP contribution in [0.4, 0.5) is 0 Å². The Labute approximate surface area is 298 Å². The van der Waals surface area contributed by atoms with Gasteiger partial charge < -0.3 is 9.33 Å². The molecule has 1 saturated heterocycles. The number of benzene rings is 4. The first kappa shape index (κ1) is 34.7. The summed E-state index contributed by atoms with van der Waals surface area (Å²) in [5.74, 6) is 0.540. The van der Waals surface area contributed by atoms with Crippen molar-refractivity contribution in [3.63, 3.8) is 0 Å². The number of hydrogen-bond donors (Lipinski definition) is 0. The standard InChI is InChI=1S/C42H47Cl2NO2Si/c1-6-26-42(5)28-37(32-14-13-15-34(44)27-32)39(31-22-24-33(43)25-23-31)45(40(42)46)38(30-20-21-30)29-47-48(41(2,3)4,35-16-9-7-10-17-35)36-18-11-8-12-19-36/h6-19,22-25,27,30,37-39H,1,20-21,26,28-29H2,2-5H3. The highest BCUT2D eigenvalue weighted by molar-refractivity contribution is 6.99. The number of allylic oxidation sites excluding steroid dienone is 1. The van der Waals surface area contributed by atoms with E-state index in [1.807, 2.05) is 30.3 Å². The molecule has 1 heterocycles. The van der Waals surface area contributed by atoms with Crippen molar-refractivity contribution in [3.8, 4) is 0 Å². The molecule has 250 valence electrons. The van der Waals surface area contributed by atoms with Crippen LogP contribution in [0.25, 0.3) is 0 Å². The molecule has 2 aliphatic rings. The van der Waals surface area contributed by atoms with Crippen molar-refractivity contribution in [2.45, 2.75) is 76.4 Å². The maximum Gasteiger partial charge on any atom is 0.261 e. The van der Waals surface area contributed by atoms with Crippen LogP contribution < -0.4 is 10.4 Å². The molecule has 4 aromatic rings. The summed E-state index contributed by atoms with van der Waals surface area (Å²) in [5, 5.41) is 3.69. The van der Waals surface area contributed by atoms with Gasteiger partial charge in [0.2, 0.25) is 5.91 Å². The normalized spacial score (nSPS) is 22.4. The number of likely N-dealkylation sites (tertiary alicyclic amines) is 1. The Morgan fingerprint density at radius 3 is 2.00 bits per heavy atom. The fourth-order valence-corrected chi connectivity index (χ4v) is 13.0. The number of nitrogens with zero attached hydrogens (tertiary/aromatic N) is 1. The Morgan fingerprint density at radius 2 is 1.48 bits per heavy atom. The number of hydrogen-bond acceptors (Lipinski definition) is 2. The first-order chi connectivity index (χ1) is 23.0. The van der Waals surface area contributed by atoms with Crippen LogP contribution in [-0.2, 0) is 9.22 Å². The Balaban J connectivity index is 1.51. The van der Waals surface area contributed by atoms with Crippen LogP contribution in [0.15, 0.2) is 122 Å². The molecular weight excluding hydrogens is 649 g/mol. The van der Waals surface area contributed by atoms with Crippen LogP contribution in [0.5, 0.6) is 0 Å². The zero-order valence-electron chi connectivity index (χ0n) is 28.5. The molecule has 0 aromatic heterocycles. The molecule has 6 rings (SSSR count). The number of amides is 1. The first-order valence-electron chi connectivity index (χ1n) is 17.2. The van der Waals surface area contributed by atoms with Gasteiger partial charge in [-0.1, -0.05) is 142 Å². The minimum absolute atomic E-state index is 0.0154. The molecule has 6 heteroatoms. The van der Waals surface area contributed by atoms with Crippen molar-refractivity contribution in [1.29, 1.82) is 0 Å². The van der Waals surface area contributed by atoms with Crippen LogP contribution in [0, 0.1) is 11.3 Å². The van der Waals surface area contributed by atoms with Crippen molar-refractivity contribution < 1.29 is 9.22 Å². The van der Waals surface area contributed by atoms with Crippen molar-refractivity contribution in [2.75, 3.05) is 6.61 Å². The van der Waals surface area contributed by atoms with Gasteiger partial charge in [-0.3, -0.25) is 4.79 Å². The zero-order valence-corrected chi connectivity index (χ0v) is 31.1. The maximum absolute atomic E-state index is 15.1. The lowest BCUT2D eigenvalue weighted by atomic mass is 9.67. The average Bonchev–Trinajstić information content (AvgIpc) is 3.91. The topological polar surface area (TPSA) is 29.5 Å². The third-order valence-corrected chi connectivity index (χ3v) is 16.1. The molecule has 4 atom stereocenters. The van der Waals surface area contributed by atoms with Crippen molar-refractivity contribution in [3.05, 3.63) is 143 Å². The summed E-state index contributed by atoms with van der Waals surface area (Å²) in [6, 6.07) is 37.5. The molecular formula is C42H47Cl2NO2Si. The quantitative estimate of drug-likeness (QED) is 0.115. The SMILES string of the molecule is C=CCC1(C)CC(c2cccc(Cl)c2)C(c2ccc(Cl)cc2)N(C(CO[Si](c2ccccc2)(c2ccccc2)C(C)(C)C)C2CC2)C1=O. The lowest BCUT2D eigenvalue weighted by Crippen LogP contribution is -2.68. The monoisotopic (exact) mass is 695 g/mol. The van der Waals surface area contributed by atoms with E-state index < -0.39 is 13.7 Å². The fourth-order valence-electron chi connectivity index (χ4n) is 8.15. The van der Waals surface area contributed by atoms with Gasteiger partial charge in [-0.25, -0.2) is 0 Å².